The van der Waals surface area contributed by atoms with Gasteiger partial charge >= 0.3 is 6.09 Å². The average Bonchev–Trinajstić information content (AvgIpc) is 3.28. The molecule has 4 fully saturated rings. The lowest BCUT2D eigenvalue weighted by Gasteiger charge is -2.49. The molecular weight excluding hydrogens is 314 g/mol. The van der Waals surface area contributed by atoms with Crippen molar-refractivity contribution < 1.29 is 13.9 Å². The third kappa shape index (κ3) is 2.03. The Hall–Kier alpha value is -1.86. The number of fused-ring (bicyclic) bond motifs is 2. The van der Waals surface area contributed by atoms with Crippen molar-refractivity contribution in [2.24, 2.45) is 5.92 Å². The lowest BCUT2D eigenvalue weighted by atomic mass is 9.75. The zero-order valence-corrected chi connectivity index (χ0v) is 13.4. The lowest BCUT2D eigenvalue weighted by Crippen LogP contribution is -2.61. The topological polar surface area (TPSA) is 58.8 Å². The van der Waals surface area contributed by atoms with E-state index in [-0.39, 0.29) is 11.7 Å². The Morgan fingerprint density at radius 3 is 2.87 bits per heavy atom. The molecule has 0 N–H and O–H groups in total. The highest BCUT2D eigenvalue weighted by molar-refractivity contribution is 7.13. The molecule has 6 rings (SSSR count). The maximum Gasteiger partial charge on any atom is 0.417 e. The Morgan fingerprint density at radius 1 is 1.30 bits per heavy atom. The molecule has 4 aliphatic heterocycles. The molecule has 0 radical (unpaired) electrons. The van der Waals surface area contributed by atoms with Crippen LogP contribution in [-0.2, 0) is 4.74 Å². The maximum absolute atomic E-state index is 12.4. The first-order valence-electron chi connectivity index (χ1n) is 7.95. The average molecular weight is 331 g/mol. The van der Waals surface area contributed by atoms with Crippen LogP contribution < -0.4 is 4.90 Å². The van der Waals surface area contributed by atoms with Crippen LogP contribution >= 0.6 is 11.3 Å². The summed E-state index contributed by atoms with van der Waals surface area (Å²) in [6.45, 7) is 3.68. The first-order valence-corrected chi connectivity index (χ1v) is 8.83. The summed E-state index contributed by atoms with van der Waals surface area (Å²) in [7, 11) is 0. The molecule has 0 aromatic carbocycles. The number of anilines is 1. The third-order valence-electron chi connectivity index (χ3n) is 5.29. The summed E-state index contributed by atoms with van der Waals surface area (Å²) in [4.78, 5) is 20.7. The van der Waals surface area contributed by atoms with Gasteiger partial charge in [0.05, 0.1) is 12.1 Å². The number of aromatic nitrogens is 1. The minimum Gasteiger partial charge on any atom is -0.448 e. The molecule has 2 aromatic rings. The number of rotatable bonds is 2. The quantitative estimate of drug-likeness (QED) is 0.847. The van der Waals surface area contributed by atoms with Gasteiger partial charge in [-0.1, -0.05) is 0 Å². The van der Waals surface area contributed by atoms with Crippen molar-refractivity contribution in [2.45, 2.75) is 18.4 Å². The van der Waals surface area contributed by atoms with E-state index in [9.17, 15) is 4.79 Å². The Morgan fingerprint density at radius 2 is 2.17 bits per heavy atom. The number of amides is 1. The van der Waals surface area contributed by atoms with Gasteiger partial charge < -0.3 is 9.15 Å². The van der Waals surface area contributed by atoms with Crippen molar-refractivity contribution in [3.05, 3.63) is 23.9 Å². The van der Waals surface area contributed by atoms with E-state index in [1.807, 2.05) is 11.4 Å². The largest absolute Gasteiger partial charge is 0.448 e. The van der Waals surface area contributed by atoms with E-state index in [1.54, 1.807) is 28.7 Å². The molecule has 1 amide bonds. The predicted octanol–water partition coefficient (Wildman–Crippen LogP) is 2.82. The molecule has 7 heteroatoms. The Labute approximate surface area is 137 Å². The summed E-state index contributed by atoms with van der Waals surface area (Å²) in [5, 5.41) is 2.82. The highest BCUT2D eigenvalue weighted by Crippen LogP contribution is 2.43. The first kappa shape index (κ1) is 13.6. The summed E-state index contributed by atoms with van der Waals surface area (Å²) >= 11 is 1.55. The molecule has 23 heavy (non-hydrogen) atoms. The predicted molar refractivity (Wildman–Crippen MR) is 85.5 cm³/mol. The Bertz CT molecular complexity index is 736. The van der Waals surface area contributed by atoms with Gasteiger partial charge in [0.25, 0.3) is 0 Å². The van der Waals surface area contributed by atoms with Crippen LogP contribution in [0.4, 0.5) is 10.7 Å². The summed E-state index contributed by atoms with van der Waals surface area (Å²) in [5.74, 6) is 1.02. The van der Waals surface area contributed by atoms with Gasteiger partial charge in [-0.2, -0.15) is 0 Å². The summed E-state index contributed by atoms with van der Waals surface area (Å²) < 4.78 is 11.5. The highest BCUT2D eigenvalue weighted by Gasteiger charge is 2.56. The minimum absolute atomic E-state index is 0.293. The second kappa shape index (κ2) is 4.82. The van der Waals surface area contributed by atoms with E-state index >= 15 is 0 Å². The molecule has 6 nitrogen and oxygen atoms in total. The fraction of sp³-hybridized carbons (Fsp3) is 0.500. The number of carbonyl (C=O) groups is 1. The molecule has 4 saturated heterocycles. The van der Waals surface area contributed by atoms with Gasteiger partial charge in [-0.05, 0) is 25.9 Å². The standard InChI is InChI=1S/C16H17N3O3S/c20-15-19(13-7-11(8-21-13)14-17-3-6-23-14)10-16(22-15)9-18-4-1-12(16)2-5-18/h3,6-8,12H,1-2,4-5,9-10H2/t16-/m0/s1. The van der Waals surface area contributed by atoms with E-state index < -0.39 is 0 Å². The highest BCUT2D eigenvalue weighted by atomic mass is 32.1. The molecule has 0 aliphatic carbocycles. The van der Waals surface area contributed by atoms with Gasteiger partial charge in [-0.3, -0.25) is 4.90 Å². The maximum atomic E-state index is 12.4. The van der Waals surface area contributed by atoms with Crippen LogP contribution in [-0.4, -0.2) is 47.8 Å². The zero-order chi connectivity index (χ0) is 15.4. The van der Waals surface area contributed by atoms with Crippen LogP contribution in [0, 0.1) is 5.92 Å². The van der Waals surface area contributed by atoms with Crippen molar-refractivity contribution >= 4 is 23.3 Å². The van der Waals surface area contributed by atoms with Crippen LogP contribution in [0.15, 0.2) is 28.3 Å². The van der Waals surface area contributed by atoms with Gasteiger partial charge in [-0.25, -0.2) is 14.7 Å². The molecule has 4 aliphatic rings. The monoisotopic (exact) mass is 331 g/mol. The summed E-state index contributed by atoms with van der Waals surface area (Å²) in [6.07, 6.45) is 5.36. The minimum atomic E-state index is -0.359. The number of piperidine rings is 3. The van der Waals surface area contributed by atoms with Gasteiger partial charge in [0, 0.05) is 30.1 Å². The van der Waals surface area contributed by atoms with E-state index in [4.69, 9.17) is 9.15 Å². The molecule has 0 unspecified atom stereocenters. The number of hydrogen-bond donors (Lipinski definition) is 0. The van der Waals surface area contributed by atoms with Crippen LogP contribution in [0.3, 0.4) is 0 Å². The number of furan rings is 1. The fourth-order valence-electron chi connectivity index (χ4n) is 4.13. The van der Waals surface area contributed by atoms with Crippen molar-refractivity contribution in [1.82, 2.24) is 9.88 Å². The lowest BCUT2D eigenvalue weighted by molar-refractivity contribution is -0.0881. The molecule has 120 valence electrons. The Kier molecular flexibility index (Phi) is 2.84. The molecule has 6 heterocycles. The van der Waals surface area contributed by atoms with Crippen molar-refractivity contribution in [3.63, 3.8) is 0 Å². The molecular formula is C16H17N3O3S. The molecule has 1 atom stereocenters. The number of ether oxygens (including phenoxy) is 1. The summed E-state index contributed by atoms with van der Waals surface area (Å²) in [5.41, 5.74) is 0.541. The van der Waals surface area contributed by atoms with E-state index in [0.717, 1.165) is 43.0 Å². The van der Waals surface area contributed by atoms with Crippen molar-refractivity contribution in [2.75, 3.05) is 31.1 Å². The molecule has 0 saturated carbocycles. The number of carbonyl (C=O) groups excluding carboxylic acids is 1. The zero-order valence-electron chi connectivity index (χ0n) is 12.6. The van der Waals surface area contributed by atoms with E-state index in [1.165, 1.54) is 0 Å². The SMILES string of the molecule is O=C1O[C@@]2(CN3CCC2CC3)CN1c1cc(-c2nccs2)co1. The van der Waals surface area contributed by atoms with Crippen LogP contribution in [0.5, 0.6) is 0 Å². The van der Waals surface area contributed by atoms with Crippen LogP contribution in [0.1, 0.15) is 12.8 Å². The number of thiazole rings is 1. The molecule has 1 spiro atoms. The normalized spacial score (nSPS) is 32.7. The smallest absolute Gasteiger partial charge is 0.417 e. The van der Waals surface area contributed by atoms with Crippen molar-refractivity contribution in [3.8, 4) is 10.6 Å². The van der Waals surface area contributed by atoms with Gasteiger partial charge in [-0.15, -0.1) is 11.3 Å². The van der Waals surface area contributed by atoms with Crippen LogP contribution in [0.2, 0.25) is 0 Å². The van der Waals surface area contributed by atoms with Gasteiger partial charge in [0.1, 0.15) is 16.9 Å². The first-order chi connectivity index (χ1) is 11.2. The second-order valence-electron chi connectivity index (χ2n) is 6.58. The molecule has 2 aromatic heterocycles. The second-order valence-corrected chi connectivity index (χ2v) is 7.47. The third-order valence-corrected chi connectivity index (χ3v) is 6.11. The van der Waals surface area contributed by atoms with E-state index in [0.29, 0.717) is 18.3 Å². The number of hydrogen-bond acceptors (Lipinski definition) is 6. The van der Waals surface area contributed by atoms with E-state index in [2.05, 4.69) is 9.88 Å². The molecule has 2 bridgehead atoms. The van der Waals surface area contributed by atoms with Crippen molar-refractivity contribution in [1.29, 1.82) is 0 Å². The Balaban J connectivity index is 1.43. The van der Waals surface area contributed by atoms with Gasteiger partial charge in [0.2, 0.25) is 5.88 Å². The van der Waals surface area contributed by atoms with Gasteiger partial charge in [0.15, 0.2) is 0 Å². The summed E-state index contributed by atoms with van der Waals surface area (Å²) in [6, 6.07) is 1.88. The number of nitrogens with zero attached hydrogens (tertiary/aromatic N) is 3. The fourth-order valence-corrected chi connectivity index (χ4v) is 4.74. The van der Waals surface area contributed by atoms with Crippen LogP contribution in [0.25, 0.3) is 10.6 Å².